The molecule has 2 aliphatic rings. The second-order valence-electron chi connectivity index (χ2n) is 8.24. The fourth-order valence-electron chi connectivity index (χ4n) is 4.42. The molecule has 2 aromatic rings. The lowest BCUT2D eigenvalue weighted by atomic mass is 9.83. The Kier molecular flexibility index (Phi) is 5.25. The average molecular weight is 381 g/mol. The van der Waals surface area contributed by atoms with E-state index in [0.29, 0.717) is 24.7 Å². The van der Waals surface area contributed by atoms with Crippen molar-refractivity contribution in [2.24, 2.45) is 11.8 Å². The second-order valence-corrected chi connectivity index (χ2v) is 8.24. The number of carbonyl (C=O) groups is 1. The lowest BCUT2D eigenvalue weighted by Crippen LogP contribution is -2.61. The molecule has 2 atom stereocenters. The van der Waals surface area contributed by atoms with E-state index < -0.39 is 0 Å². The Morgan fingerprint density at radius 2 is 1.82 bits per heavy atom. The molecule has 28 heavy (non-hydrogen) atoms. The molecular weight excluding hydrogens is 353 g/mol. The first-order chi connectivity index (χ1) is 13.5. The summed E-state index contributed by atoms with van der Waals surface area (Å²) in [5.41, 5.74) is 3.07. The van der Waals surface area contributed by atoms with Crippen LogP contribution in [0, 0.1) is 17.7 Å². The minimum absolute atomic E-state index is 0.0374. The van der Waals surface area contributed by atoms with Crippen LogP contribution in [0.5, 0.6) is 0 Å². The number of carbonyl (C=O) groups excluding carboxylic acids is 1. The van der Waals surface area contributed by atoms with Crippen molar-refractivity contribution in [3.63, 3.8) is 0 Å². The van der Waals surface area contributed by atoms with E-state index in [1.807, 2.05) is 18.2 Å². The van der Waals surface area contributed by atoms with E-state index in [1.54, 1.807) is 6.07 Å². The van der Waals surface area contributed by atoms with E-state index >= 15 is 0 Å². The number of amides is 1. The molecule has 0 radical (unpaired) electrons. The van der Waals surface area contributed by atoms with Crippen molar-refractivity contribution in [2.75, 3.05) is 36.0 Å². The van der Waals surface area contributed by atoms with Gasteiger partial charge < -0.3 is 15.1 Å². The molecule has 148 valence electrons. The van der Waals surface area contributed by atoms with E-state index in [0.717, 1.165) is 19.5 Å². The summed E-state index contributed by atoms with van der Waals surface area (Å²) in [6.45, 7) is 7.05. The van der Waals surface area contributed by atoms with E-state index in [1.165, 1.54) is 17.3 Å². The molecule has 2 heterocycles. The predicted molar refractivity (Wildman–Crippen MR) is 111 cm³/mol. The summed E-state index contributed by atoms with van der Waals surface area (Å²) in [5, 5.41) is 3.12. The minimum Gasteiger partial charge on any atom is -0.365 e. The molecule has 5 heteroatoms. The fraction of sp³-hybridized carbons (Fsp3) is 0.435. The maximum Gasteiger partial charge on any atom is 0.225 e. The highest BCUT2D eigenvalue weighted by Gasteiger charge is 2.41. The molecule has 1 amide bonds. The lowest BCUT2D eigenvalue weighted by Gasteiger charge is -2.49. The minimum atomic E-state index is -0.201. The van der Waals surface area contributed by atoms with Gasteiger partial charge in [-0.3, -0.25) is 4.79 Å². The third-order valence-corrected chi connectivity index (χ3v) is 5.84. The molecule has 2 unspecified atom stereocenters. The molecule has 1 fully saturated rings. The van der Waals surface area contributed by atoms with Gasteiger partial charge in [0.25, 0.3) is 0 Å². The van der Waals surface area contributed by atoms with Crippen LogP contribution in [0.4, 0.5) is 15.8 Å². The van der Waals surface area contributed by atoms with Crippen LogP contribution in [0.15, 0.2) is 48.5 Å². The number of para-hydroxylation sites is 2. The van der Waals surface area contributed by atoms with Gasteiger partial charge in [0, 0.05) is 31.9 Å². The number of nitrogens with zero attached hydrogens (tertiary/aromatic N) is 2. The van der Waals surface area contributed by atoms with Gasteiger partial charge >= 0.3 is 0 Å². The zero-order chi connectivity index (χ0) is 19.7. The molecule has 0 aromatic heterocycles. The first-order valence-corrected chi connectivity index (χ1v) is 10.2. The van der Waals surface area contributed by atoms with Crippen molar-refractivity contribution in [1.29, 1.82) is 0 Å². The summed E-state index contributed by atoms with van der Waals surface area (Å²) >= 11 is 0. The van der Waals surface area contributed by atoms with Gasteiger partial charge in [0.2, 0.25) is 5.91 Å². The molecule has 2 aliphatic heterocycles. The second kappa shape index (κ2) is 7.82. The van der Waals surface area contributed by atoms with Gasteiger partial charge in [-0.15, -0.1) is 0 Å². The van der Waals surface area contributed by atoms with Crippen LogP contribution in [0.3, 0.4) is 0 Å². The van der Waals surface area contributed by atoms with Crippen LogP contribution in [-0.2, 0) is 11.2 Å². The van der Waals surface area contributed by atoms with Crippen molar-refractivity contribution in [3.05, 3.63) is 59.9 Å². The maximum absolute atomic E-state index is 14.4. The van der Waals surface area contributed by atoms with Crippen molar-refractivity contribution in [2.45, 2.75) is 26.3 Å². The largest absolute Gasteiger partial charge is 0.365 e. The van der Waals surface area contributed by atoms with Crippen LogP contribution in [0.2, 0.25) is 0 Å². The fourth-order valence-corrected chi connectivity index (χ4v) is 4.42. The first kappa shape index (κ1) is 18.8. The summed E-state index contributed by atoms with van der Waals surface area (Å²) in [7, 11) is 0. The quantitative estimate of drug-likeness (QED) is 0.881. The number of halogens is 1. The van der Waals surface area contributed by atoms with E-state index in [9.17, 15) is 9.18 Å². The predicted octanol–water partition coefficient (Wildman–Crippen LogP) is 3.47. The van der Waals surface area contributed by atoms with Crippen LogP contribution in [0.25, 0.3) is 0 Å². The molecule has 0 aliphatic carbocycles. The number of anilines is 2. The molecule has 0 saturated carbocycles. The van der Waals surface area contributed by atoms with E-state index in [2.05, 4.69) is 47.2 Å². The van der Waals surface area contributed by atoms with Gasteiger partial charge in [0.15, 0.2) is 0 Å². The summed E-state index contributed by atoms with van der Waals surface area (Å²) < 4.78 is 14.4. The number of nitrogens with one attached hydrogen (secondary N) is 1. The van der Waals surface area contributed by atoms with Gasteiger partial charge in [-0.05, 0) is 36.1 Å². The Hall–Kier alpha value is -2.56. The summed E-state index contributed by atoms with van der Waals surface area (Å²) in [5.74, 6) is 0.182. The number of hydrogen-bond donors (Lipinski definition) is 1. The van der Waals surface area contributed by atoms with Crippen molar-refractivity contribution in [1.82, 2.24) is 5.32 Å². The molecule has 4 rings (SSSR count). The number of hydrogen-bond acceptors (Lipinski definition) is 3. The molecule has 0 bridgehead atoms. The highest BCUT2D eigenvalue weighted by atomic mass is 19.1. The third-order valence-electron chi connectivity index (χ3n) is 5.84. The van der Waals surface area contributed by atoms with Gasteiger partial charge in [-0.1, -0.05) is 44.2 Å². The average Bonchev–Trinajstić information content (AvgIpc) is 2.71. The maximum atomic E-state index is 14.4. The molecule has 0 spiro atoms. The topological polar surface area (TPSA) is 35.6 Å². The van der Waals surface area contributed by atoms with Crippen LogP contribution in [0.1, 0.15) is 19.4 Å². The smallest absolute Gasteiger partial charge is 0.225 e. The van der Waals surface area contributed by atoms with Gasteiger partial charge in [-0.25, -0.2) is 4.39 Å². The monoisotopic (exact) mass is 381 g/mol. The SMILES string of the molecule is CC(C)CNC(=O)C1Cc2ccccc2N2CCN(c3ccccc3F)CC12. The Bertz CT molecular complexity index is 853. The molecule has 1 saturated heterocycles. The first-order valence-electron chi connectivity index (χ1n) is 10.2. The van der Waals surface area contributed by atoms with Gasteiger partial charge in [-0.2, -0.15) is 0 Å². The Balaban J connectivity index is 1.63. The number of piperazine rings is 1. The number of benzene rings is 2. The summed E-state index contributed by atoms with van der Waals surface area (Å²) in [6, 6.07) is 15.3. The molecule has 2 aromatic carbocycles. The van der Waals surface area contributed by atoms with Gasteiger partial charge in [0.1, 0.15) is 5.82 Å². The summed E-state index contributed by atoms with van der Waals surface area (Å²) in [6.07, 6.45) is 0.729. The van der Waals surface area contributed by atoms with Crippen LogP contribution < -0.4 is 15.1 Å². The highest BCUT2D eigenvalue weighted by Crippen LogP contribution is 2.37. The van der Waals surface area contributed by atoms with Crippen molar-refractivity contribution < 1.29 is 9.18 Å². The normalized spacial score (nSPS) is 21.3. The van der Waals surface area contributed by atoms with Gasteiger partial charge in [0.05, 0.1) is 17.6 Å². The number of fused-ring (bicyclic) bond motifs is 3. The van der Waals surface area contributed by atoms with E-state index in [-0.39, 0.29) is 23.7 Å². The van der Waals surface area contributed by atoms with E-state index in [4.69, 9.17) is 0 Å². The zero-order valence-electron chi connectivity index (χ0n) is 16.6. The van der Waals surface area contributed by atoms with Crippen LogP contribution in [-0.4, -0.2) is 38.1 Å². The lowest BCUT2D eigenvalue weighted by molar-refractivity contribution is -0.126. The molecular formula is C23H28FN3O. The Labute approximate surface area is 166 Å². The Morgan fingerprint density at radius 1 is 1.11 bits per heavy atom. The number of rotatable bonds is 4. The van der Waals surface area contributed by atoms with Crippen molar-refractivity contribution in [3.8, 4) is 0 Å². The molecule has 1 N–H and O–H groups in total. The van der Waals surface area contributed by atoms with Crippen molar-refractivity contribution >= 4 is 17.3 Å². The highest BCUT2D eigenvalue weighted by molar-refractivity contribution is 5.82. The summed E-state index contributed by atoms with van der Waals surface area (Å²) in [4.78, 5) is 17.5. The molecule has 4 nitrogen and oxygen atoms in total. The zero-order valence-corrected chi connectivity index (χ0v) is 16.6. The Morgan fingerprint density at radius 3 is 2.57 bits per heavy atom. The third kappa shape index (κ3) is 3.58. The standard InChI is InChI=1S/C23H28FN3O/c1-16(2)14-25-23(28)18-13-17-7-3-5-9-20(17)27-12-11-26(15-22(18)27)21-10-6-4-8-19(21)24/h3-10,16,18,22H,11-15H2,1-2H3,(H,25,28). The van der Waals surface area contributed by atoms with Crippen LogP contribution >= 0.6 is 0 Å².